The molecule has 17 heavy (non-hydrogen) atoms. The minimum Gasteiger partial charge on any atom is -0.381 e. The summed E-state index contributed by atoms with van der Waals surface area (Å²) in [5.74, 6) is 0.566. The first kappa shape index (κ1) is 12.5. The molecule has 1 saturated heterocycles. The summed E-state index contributed by atoms with van der Waals surface area (Å²) < 4.78 is 5.50. The van der Waals surface area contributed by atoms with Crippen LogP contribution in [-0.4, -0.2) is 24.7 Å². The van der Waals surface area contributed by atoms with Crippen molar-refractivity contribution in [3.8, 4) is 0 Å². The molecule has 2 unspecified atom stereocenters. The van der Waals surface area contributed by atoms with Gasteiger partial charge >= 0.3 is 0 Å². The van der Waals surface area contributed by atoms with Gasteiger partial charge in [0.05, 0.1) is 18.3 Å². The molecule has 0 aliphatic carbocycles. The molecule has 2 atom stereocenters. The fourth-order valence-corrected chi connectivity index (χ4v) is 2.36. The number of ether oxygens (including phenoxy) is 1. The molecule has 1 aliphatic rings. The predicted octanol–water partition coefficient (Wildman–Crippen LogP) is 2.47. The second-order valence-electron chi connectivity index (χ2n) is 4.81. The van der Waals surface area contributed by atoms with Crippen LogP contribution in [0.5, 0.6) is 0 Å². The molecule has 0 bridgehead atoms. The van der Waals surface area contributed by atoms with E-state index in [2.05, 4.69) is 30.2 Å². The van der Waals surface area contributed by atoms with Crippen LogP contribution in [0.25, 0.3) is 0 Å². The quantitative estimate of drug-likeness (QED) is 0.850. The summed E-state index contributed by atoms with van der Waals surface area (Å²) in [4.78, 5) is 4.52. The van der Waals surface area contributed by atoms with E-state index in [1.807, 2.05) is 12.3 Å². The highest BCUT2D eigenvalue weighted by Gasteiger charge is 2.27. The lowest BCUT2D eigenvalue weighted by Gasteiger charge is -2.23. The Hall–Kier alpha value is -0.930. The molecule has 0 amide bonds. The Balaban J connectivity index is 2.13. The Kier molecular flexibility index (Phi) is 4.51. The van der Waals surface area contributed by atoms with E-state index >= 15 is 0 Å². The van der Waals surface area contributed by atoms with Gasteiger partial charge in [-0.2, -0.15) is 0 Å². The number of rotatable bonds is 5. The fourth-order valence-electron chi connectivity index (χ4n) is 2.36. The molecule has 3 heteroatoms. The summed E-state index contributed by atoms with van der Waals surface area (Å²) in [6.07, 6.45) is 4.19. The lowest BCUT2D eigenvalue weighted by Crippen LogP contribution is -2.30. The maximum Gasteiger partial charge on any atom is 0.0579 e. The SMILES string of the molecule is CCCNC(c1cc(C)ccn1)C1CCOC1. The van der Waals surface area contributed by atoms with Crippen molar-refractivity contribution in [3.05, 3.63) is 29.6 Å². The van der Waals surface area contributed by atoms with E-state index in [-0.39, 0.29) is 0 Å². The van der Waals surface area contributed by atoms with Crippen molar-refractivity contribution in [2.75, 3.05) is 19.8 Å². The van der Waals surface area contributed by atoms with Gasteiger partial charge in [-0.3, -0.25) is 4.98 Å². The molecule has 1 aromatic heterocycles. The molecule has 0 aromatic carbocycles. The summed E-state index contributed by atoms with van der Waals surface area (Å²) in [6, 6.07) is 4.58. The van der Waals surface area contributed by atoms with Crippen LogP contribution in [0, 0.1) is 12.8 Å². The first-order valence-electron chi connectivity index (χ1n) is 6.55. The average Bonchev–Trinajstić information content (AvgIpc) is 2.83. The number of nitrogens with zero attached hydrogens (tertiary/aromatic N) is 1. The second kappa shape index (κ2) is 6.12. The third-order valence-corrected chi connectivity index (χ3v) is 3.31. The van der Waals surface area contributed by atoms with Gasteiger partial charge in [-0.1, -0.05) is 6.92 Å². The zero-order valence-electron chi connectivity index (χ0n) is 10.8. The van der Waals surface area contributed by atoms with Crippen LogP contribution in [0.2, 0.25) is 0 Å². The van der Waals surface area contributed by atoms with E-state index in [0.29, 0.717) is 12.0 Å². The molecule has 1 aromatic rings. The van der Waals surface area contributed by atoms with Crippen molar-refractivity contribution in [1.29, 1.82) is 0 Å². The van der Waals surface area contributed by atoms with Gasteiger partial charge in [0.2, 0.25) is 0 Å². The van der Waals surface area contributed by atoms with E-state index in [9.17, 15) is 0 Å². The first-order chi connectivity index (χ1) is 8.31. The lowest BCUT2D eigenvalue weighted by atomic mass is 9.95. The van der Waals surface area contributed by atoms with Gasteiger partial charge in [0.15, 0.2) is 0 Å². The lowest BCUT2D eigenvalue weighted by molar-refractivity contribution is 0.176. The predicted molar refractivity (Wildman–Crippen MR) is 68.9 cm³/mol. The maximum atomic E-state index is 5.50. The molecule has 2 rings (SSSR count). The molecule has 1 aliphatic heterocycles. The molecular formula is C14H22N2O. The Morgan fingerprint density at radius 1 is 1.59 bits per heavy atom. The molecule has 0 saturated carbocycles. The molecule has 0 spiro atoms. The zero-order chi connectivity index (χ0) is 12.1. The number of aromatic nitrogens is 1. The normalized spacial score (nSPS) is 21.6. The van der Waals surface area contributed by atoms with Gasteiger partial charge in [0.1, 0.15) is 0 Å². The summed E-state index contributed by atoms with van der Waals surface area (Å²) >= 11 is 0. The van der Waals surface area contributed by atoms with E-state index in [0.717, 1.165) is 38.3 Å². The molecular weight excluding hydrogens is 212 g/mol. The van der Waals surface area contributed by atoms with Crippen LogP contribution < -0.4 is 5.32 Å². The van der Waals surface area contributed by atoms with Gasteiger partial charge < -0.3 is 10.1 Å². The van der Waals surface area contributed by atoms with Crippen LogP contribution >= 0.6 is 0 Å². The Morgan fingerprint density at radius 3 is 3.12 bits per heavy atom. The van der Waals surface area contributed by atoms with E-state index in [4.69, 9.17) is 4.74 Å². The number of pyridine rings is 1. The molecule has 94 valence electrons. The molecule has 0 radical (unpaired) electrons. The summed E-state index contributed by atoms with van der Waals surface area (Å²) in [5, 5.41) is 3.61. The number of hydrogen-bond acceptors (Lipinski definition) is 3. The summed E-state index contributed by atoms with van der Waals surface area (Å²) in [5.41, 5.74) is 2.44. The van der Waals surface area contributed by atoms with Crippen LogP contribution in [-0.2, 0) is 4.74 Å². The maximum absolute atomic E-state index is 5.50. The van der Waals surface area contributed by atoms with Crippen molar-refractivity contribution in [2.45, 2.75) is 32.7 Å². The van der Waals surface area contributed by atoms with E-state index in [1.54, 1.807) is 0 Å². The van der Waals surface area contributed by atoms with E-state index < -0.39 is 0 Å². The van der Waals surface area contributed by atoms with Gasteiger partial charge in [-0.05, 0) is 44.0 Å². The third kappa shape index (κ3) is 3.27. The van der Waals surface area contributed by atoms with Gasteiger partial charge in [0.25, 0.3) is 0 Å². The van der Waals surface area contributed by atoms with Crippen LogP contribution in [0.1, 0.15) is 37.1 Å². The highest BCUT2D eigenvalue weighted by atomic mass is 16.5. The Morgan fingerprint density at radius 2 is 2.47 bits per heavy atom. The topological polar surface area (TPSA) is 34.2 Å². The summed E-state index contributed by atoms with van der Waals surface area (Å²) in [6.45, 7) is 7.10. The highest BCUT2D eigenvalue weighted by molar-refractivity contribution is 5.18. The Labute approximate surface area is 104 Å². The smallest absolute Gasteiger partial charge is 0.0579 e. The molecule has 2 heterocycles. The van der Waals surface area contributed by atoms with Gasteiger partial charge in [-0.25, -0.2) is 0 Å². The molecule has 1 N–H and O–H groups in total. The first-order valence-corrected chi connectivity index (χ1v) is 6.55. The zero-order valence-corrected chi connectivity index (χ0v) is 10.8. The average molecular weight is 234 g/mol. The molecule has 3 nitrogen and oxygen atoms in total. The minimum atomic E-state index is 0.345. The van der Waals surface area contributed by atoms with Crippen molar-refractivity contribution in [2.24, 2.45) is 5.92 Å². The monoisotopic (exact) mass is 234 g/mol. The third-order valence-electron chi connectivity index (χ3n) is 3.31. The largest absolute Gasteiger partial charge is 0.381 e. The van der Waals surface area contributed by atoms with Crippen molar-refractivity contribution in [1.82, 2.24) is 10.3 Å². The number of nitrogens with one attached hydrogen (secondary N) is 1. The van der Waals surface area contributed by atoms with Crippen molar-refractivity contribution < 1.29 is 4.74 Å². The minimum absolute atomic E-state index is 0.345. The number of hydrogen-bond donors (Lipinski definition) is 1. The highest BCUT2D eigenvalue weighted by Crippen LogP contribution is 2.27. The molecule has 1 fully saturated rings. The van der Waals surface area contributed by atoms with Crippen LogP contribution in [0.3, 0.4) is 0 Å². The standard InChI is InChI=1S/C14H22N2O/c1-3-6-16-14(12-5-8-17-10-12)13-9-11(2)4-7-15-13/h4,7,9,12,14,16H,3,5-6,8,10H2,1-2H3. The van der Waals surface area contributed by atoms with Crippen molar-refractivity contribution >= 4 is 0 Å². The van der Waals surface area contributed by atoms with E-state index in [1.165, 1.54) is 5.56 Å². The van der Waals surface area contributed by atoms with Gasteiger partial charge in [-0.15, -0.1) is 0 Å². The van der Waals surface area contributed by atoms with Gasteiger partial charge in [0, 0.05) is 18.7 Å². The van der Waals surface area contributed by atoms with Crippen LogP contribution in [0.4, 0.5) is 0 Å². The van der Waals surface area contributed by atoms with Crippen molar-refractivity contribution in [3.63, 3.8) is 0 Å². The second-order valence-corrected chi connectivity index (χ2v) is 4.81. The van der Waals surface area contributed by atoms with Crippen LogP contribution in [0.15, 0.2) is 18.3 Å². The number of aryl methyl sites for hydroxylation is 1. The fraction of sp³-hybridized carbons (Fsp3) is 0.643. The summed E-state index contributed by atoms with van der Waals surface area (Å²) in [7, 11) is 0. The Bertz CT molecular complexity index is 348.